The SMILES string of the molecule is CC(C)(C)C(NC(=O)CS(=O)(=O)c1ccc(Cl)cc1)c1cccs1. The van der Waals surface area contributed by atoms with Gasteiger partial charge in [-0.15, -0.1) is 11.3 Å². The number of nitrogens with one attached hydrogen (secondary N) is 1. The molecule has 1 unspecified atom stereocenters. The van der Waals surface area contributed by atoms with Crippen LogP contribution in [0, 0.1) is 5.41 Å². The van der Waals surface area contributed by atoms with Crippen LogP contribution in [0.15, 0.2) is 46.7 Å². The van der Waals surface area contributed by atoms with Crippen molar-refractivity contribution in [3.05, 3.63) is 51.7 Å². The van der Waals surface area contributed by atoms with Crippen LogP contribution in [0.25, 0.3) is 0 Å². The molecule has 2 rings (SSSR count). The summed E-state index contributed by atoms with van der Waals surface area (Å²) in [5, 5.41) is 5.25. The molecule has 130 valence electrons. The fourth-order valence-electron chi connectivity index (χ4n) is 2.27. The van der Waals surface area contributed by atoms with E-state index >= 15 is 0 Å². The number of hydrogen-bond donors (Lipinski definition) is 1. The number of rotatable bonds is 5. The van der Waals surface area contributed by atoms with Gasteiger partial charge in [0.1, 0.15) is 5.75 Å². The van der Waals surface area contributed by atoms with E-state index in [-0.39, 0.29) is 16.4 Å². The van der Waals surface area contributed by atoms with E-state index in [4.69, 9.17) is 11.6 Å². The highest BCUT2D eigenvalue weighted by Gasteiger charge is 2.30. The zero-order chi connectivity index (χ0) is 18.0. The normalized spacial score (nSPS) is 13.5. The maximum absolute atomic E-state index is 12.4. The Bertz CT molecular complexity index is 791. The molecular formula is C17H20ClNO3S2. The quantitative estimate of drug-likeness (QED) is 0.843. The van der Waals surface area contributed by atoms with Crippen LogP contribution < -0.4 is 5.32 Å². The van der Waals surface area contributed by atoms with Crippen LogP contribution in [0.2, 0.25) is 5.02 Å². The third-order valence-electron chi connectivity index (χ3n) is 3.49. The van der Waals surface area contributed by atoms with E-state index in [1.807, 2.05) is 38.3 Å². The first-order valence-electron chi connectivity index (χ1n) is 7.41. The number of hydrogen-bond acceptors (Lipinski definition) is 4. The average molecular weight is 386 g/mol. The number of carbonyl (C=O) groups is 1. The maximum Gasteiger partial charge on any atom is 0.236 e. The molecule has 1 aromatic carbocycles. The second-order valence-electron chi connectivity index (χ2n) is 6.59. The van der Waals surface area contributed by atoms with Crippen molar-refractivity contribution in [1.29, 1.82) is 0 Å². The number of halogens is 1. The fourth-order valence-corrected chi connectivity index (χ4v) is 4.56. The van der Waals surface area contributed by atoms with Crippen molar-refractivity contribution in [3.63, 3.8) is 0 Å². The summed E-state index contributed by atoms with van der Waals surface area (Å²) < 4.78 is 24.7. The van der Waals surface area contributed by atoms with Crippen LogP contribution in [0.1, 0.15) is 31.7 Å². The topological polar surface area (TPSA) is 63.2 Å². The van der Waals surface area contributed by atoms with Crippen molar-refractivity contribution in [3.8, 4) is 0 Å². The molecule has 1 amide bonds. The van der Waals surface area contributed by atoms with Crippen molar-refractivity contribution >= 4 is 38.7 Å². The molecule has 0 saturated heterocycles. The van der Waals surface area contributed by atoms with Crippen molar-refractivity contribution in [2.45, 2.75) is 31.7 Å². The number of sulfone groups is 1. The van der Waals surface area contributed by atoms with Gasteiger partial charge in [-0.1, -0.05) is 38.4 Å². The van der Waals surface area contributed by atoms with E-state index in [1.54, 1.807) is 0 Å². The lowest BCUT2D eigenvalue weighted by Crippen LogP contribution is -2.39. The van der Waals surface area contributed by atoms with Crippen LogP contribution in [0.4, 0.5) is 0 Å². The Hall–Kier alpha value is -1.37. The molecular weight excluding hydrogens is 366 g/mol. The van der Waals surface area contributed by atoms with Gasteiger partial charge in [-0.2, -0.15) is 0 Å². The molecule has 0 saturated carbocycles. The van der Waals surface area contributed by atoms with Gasteiger partial charge in [-0.05, 0) is 41.1 Å². The summed E-state index contributed by atoms with van der Waals surface area (Å²) in [6.07, 6.45) is 0. The highest BCUT2D eigenvalue weighted by atomic mass is 35.5. The molecule has 24 heavy (non-hydrogen) atoms. The minimum atomic E-state index is -3.70. The lowest BCUT2D eigenvalue weighted by Gasteiger charge is -2.30. The van der Waals surface area contributed by atoms with Gasteiger partial charge in [0.05, 0.1) is 10.9 Å². The Morgan fingerprint density at radius 1 is 1.21 bits per heavy atom. The average Bonchev–Trinajstić information content (AvgIpc) is 2.97. The molecule has 0 aliphatic carbocycles. The molecule has 0 aliphatic rings. The van der Waals surface area contributed by atoms with Crippen LogP contribution in [0.3, 0.4) is 0 Å². The number of thiophene rings is 1. The van der Waals surface area contributed by atoms with Crippen LogP contribution in [-0.4, -0.2) is 20.1 Å². The first kappa shape index (κ1) is 19.0. The van der Waals surface area contributed by atoms with Gasteiger partial charge in [0.2, 0.25) is 5.91 Å². The summed E-state index contributed by atoms with van der Waals surface area (Å²) in [6.45, 7) is 6.02. The zero-order valence-electron chi connectivity index (χ0n) is 13.7. The van der Waals surface area contributed by atoms with Crippen molar-refractivity contribution in [1.82, 2.24) is 5.32 Å². The van der Waals surface area contributed by atoms with Crippen molar-refractivity contribution < 1.29 is 13.2 Å². The maximum atomic E-state index is 12.4. The second-order valence-corrected chi connectivity index (χ2v) is 10.0. The van der Waals surface area contributed by atoms with Gasteiger partial charge >= 0.3 is 0 Å². The molecule has 1 aromatic heterocycles. The molecule has 1 N–H and O–H groups in total. The molecule has 0 radical (unpaired) electrons. The predicted molar refractivity (Wildman–Crippen MR) is 98.2 cm³/mol. The van der Waals surface area contributed by atoms with Crippen LogP contribution in [0.5, 0.6) is 0 Å². The van der Waals surface area contributed by atoms with Crippen LogP contribution >= 0.6 is 22.9 Å². The second kappa shape index (κ2) is 7.25. The van der Waals surface area contributed by atoms with E-state index in [2.05, 4.69) is 5.32 Å². The molecule has 4 nitrogen and oxygen atoms in total. The molecule has 1 heterocycles. The summed E-state index contributed by atoms with van der Waals surface area (Å²) in [6, 6.07) is 9.41. The first-order valence-corrected chi connectivity index (χ1v) is 10.3. The lowest BCUT2D eigenvalue weighted by molar-refractivity contribution is -0.120. The smallest absolute Gasteiger partial charge is 0.236 e. The Morgan fingerprint density at radius 3 is 2.33 bits per heavy atom. The van der Waals surface area contributed by atoms with Crippen molar-refractivity contribution in [2.24, 2.45) is 5.41 Å². The first-order chi connectivity index (χ1) is 11.1. The standard InChI is InChI=1S/C17H20ClNO3S2/c1-17(2,3)16(14-5-4-10-23-14)19-15(20)11-24(21,22)13-8-6-12(18)7-9-13/h4-10,16H,11H2,1-3H3,(H,19,20). The highest BCUT2D eigenvalue weighted by molar-refractivity contribution is 7.92. The van der Waals surface area contributed by atoms with Crippen molar-refractivity contribution in [2.75, 3.05) is 5.75 Å². The minimum Gasteiger partial charge on any atom is -0.347 e. The van der Waals surface area contributed by atoms with Crippen LogP contribution in [-0.2, 0) is 14.6 Å². The van der Waals surface area contributed by atoms with Gasteiger partial charge in [0.15, 0.2) is 9.84 Å². The molecule has 2 aromatic rings. The Balaban J connectivity index is 2.15. The number of carbonyl (C=O) groups excluding carboxylic acids is 1. The summed E-state index contributed by atoms with van der Waals surface area (Å²) >= 11 is 7.31. The van der Waals surface area contributed by atoms with E-state index in [0.29, 0.717) is 5.02 Å². The van der Waals surface area contributed by atoms with Gasteiger partial charge in [0, 0.05) is 9.90 Å². The van der Waals surface area contributed by atoms with E-state index in [0.717, 1.165) is 4.88 Å². The van der Waals surface area contributed by atoms with Gasteiger partial charge in [0.25, 0.3) is 0 Å². The molecule has 0 fully saturated rings. The highest BCUT2D eigenvalue weighted by Crippen LogP contribution is 2.35. The van der Waals surface area contributed by atoms with Gasteiger partial charge < -0.3 is 5.32 Å². The van der Waals surface area contributed by atoms with E-state index in [1.165, 1.54) is 35.6 Å². The molecule has 1 atom stereocenters. The molecule has 0 spiro atoms. The Morgan fingerprint density at radius 2 is 1.83 bits per heavy atom. The van der Waals surface area contributed by atoms with E-state index in [9.17, 15) is 13.2 Å². The lowest BCUT2D eigenvalue weighted by atomic mass is 9.86. The molecule has 0 bridgehead atoms. The molecule has 0 aliphatic heterocycles. The summed E-state index contributed by atoms with van der Waals surface area (Å²) in [4.78, 5) is 13.4. The predicted octanol–water partition coefficient (Wildman–Crippen LogP) is 4.08. The fraction of sp³-hybridized carbons (Fsp3) is 0.353. The third kappa shape index (κ3) is 4.82. The minimum absolute atomic E-state index is 0.0884. The third-order valence-corrected chi connectivity index (χ3v) is 6.31. The number of amides is 1. The van der Waals surface area contributed by atoms with E-state index < -0.39 is 21.5 Å². The Labute approximate surface area is 151 Å². The number of benzene rings is 1. The zero-order valence-corrected chi connectivity index (χ0v) is 16.1. The van der Waals surface area contributed by atoms with Gasteiger partial charge in [-0.3, -0.25) is 4.79 Å². The Kier molecular flexibility index (Phi) is 5.73. The summed E-state index contributed by atoms with van der Waals surface area (Å²) in [7, 11) is -3.70. The molecule has 7 heteroatoms. The summed E-state index contributed by atoms with van der Waals surface area (Å²) in [5.41, 5.74) is -0.232. The largest absolute Gasteiger partial charge is 0.347 e. The van der Waals surface area contributed by atoms with Gasteiger partial charge in [-0.25, -0.2) is 8.42 Å². The summed E-state index contributed by atoms with van der Waals surface area (Å²) in [5.74, 6) is -1.11. The monoisotopic (exact) mass is 385 g/mol.